The van der Waals surface area contributed by atoms with Crippen LogP contribution in [0, 0.1) is 18.3 Å². The van der Waals surface area contributed by atoms with Gasteiger partial charge in [0.2, 0.25) is 0 Å². The van der Waals surface area contributed by atoms with Gasteiger partial charge in [-0.3, -0.25) is 0 Å². The van der Waals surface area contributed by atoms with Crippen LogP contribution in [0.4, 0.5) is 0 Å². The Hall–Kier alpha value is 0. The van der Waals surface area contributed by atoms with Crippen LogP contribution in [0.1, 0.15) is 47.0 Å². The third-order valence-corrected chi connectivity index (χ3v) is 2.35. The molecule has 0 spiro atoms. The minimum Gasteiger partial charge on any atom is -0.0649 e. The van der Waals surface area contributed by atoms with Crippen molar-refractivity contribution in [3.05, 3.63) is 6.92 Å². The number of hydrogen-bond acceptors (Lipinski definition) is 0. The van der Waals surface area contributed by atoms with Crippen molar-refractivity contribution in [2.24, 2.45) is 11.3 Å². The van der Waals surface area contributed by atoms with E-state index >= 15 is 0 Å². The van der Waals surface area contributed by atoms with Crippen molar-refractivity contribution < 1.29 is 0 Å². The molecule has 0 heteroatoms. The van der Waals surface area contributed by atoms with Gasteiger partial charge in [0.05, 0.1) is 0 Å². The van der Waals surface area contributed by atoms with Crippen LogP contribution in [0.3, 0.4) is 0 Å². The molecule has 0 aromatic heterocycles. The Morgan fingerprint density at radius 3 is 2.20 bits per heavy atom. The van der Waals surface area contributed by atoms with Gasteiger partial charge in [0.1, 0.15) is 0 Å². The second-order valence-electron chi connectivity index (χ2n) is 4.12. The fourth-order valence-electron chi connectivity index (χ4n) is 1.19. The van der Waals surface area contributed by atoms with Crippen LogP contribution in [-0.4, -0.2) is 0 Å². The summed E-state index contributed by atoms with van der Waals surface area (Å²) in [5.41, 5.74) is 0.525. The second-order valence-corrected chi connectivity index (χ2v) is 4.12. The minimum absolute atomic E-state index is 0.525. The van der Waals surface area contributed by atoms with Crippen molar-refractivity contribution in [3.8, 4) is 0 Å². The van der Waals surface area contributed by atoms with Gasteiger partial charge in [0.15, 0.2) is 0 Å². The fraction of sp³-hybridized carbons (Fsp3) is 0.900. The lowest BCUT2D eigenvalue weighted by molar-refractivity contribution is 0.267. The summed E-state index contributed by atoms with van der Waals surface area (Å²) in [5, 5.41) is 0. The molecule has 1 radical (unpaired) electrons. The van der Waals surface area contributed by atoms with Gasteiger partial charge in [-0.05, 0) is 17.8 Å². The SMILES string of the molecule is [CH2]CC(C)CC(C)(C)CC. The Kier molecular flexibility index (Phi) is 4.00. The first-order valence-electron chi connectivity index (χ1n) is 4.31. The van der Waals surface area contributed by atoms with Gasteiger partial charge in [-0.25, -0.2) is 0 Å². The molecule has 0 fully saturated rings. The van der Waals surface area contributed by atoms with Crippen molar-refractivity contribution in [2.75, 3.05) is 0 Å². The normalized spacial score (nSPS) is 15.3. The van der Waals surface area contributed by atoms with Crippen LogP contribution in [-0.2, 0) is 0 Å². The molecule has 0 aliphatic heterocycles. The summed E-state index contributed by atoms with van der Waals surface area (Å²) in [6.45, 7) is 13.1. The maximum atomic E-state index is 3.90. The van der Waals surface area contributed by atoms with Crippen LogP contribution in [0.15, 0.2) is 0 Å². The van der Waals surface area contributed by atoms with Gasteiger partial charge in [0, 0.05) is 0 Å². The lowest BCUT2D eigenvalue weighted by atomic mass is 9.80. The predicted molar refractivity (Wildman–Crippen MR) is 47.8 cm³/mol. The Balaban J connectivity index is 3.64. The maximum absolute atomic E-state index is 3.90. The van der Waals surface area contributed by atoms with Gasteiger partial charge in [-0.1, -0.05) is 47.5 Å². The summed E-state index contributed by atoms with van der Waals surface area (Å²) < 4.78 is 0. The van der Waals surface area contributed by atoms with Crippen molar-refractivity contribution >= 4 is 0 Å². The minimum atomic E-state index is 0.525. The highest BCUT2D eigenvalue weighted by molar-refractivity contribution is 4.70. The standard InChI is InChI=1S/C10H21/c1-6-9(3)8-10(4,5)7-2/h9H,1,6-8H2,2-5H3. The molecule has 1 atom stereocenters. The Bertz CT molecular complexity index is 82.0. The molecule has 0 bridgehead atoms. The molecule has 0 aromatic carbocycles. The van der Waals surface area contributed by atoms with Gasteiger partial charge < -0.3 is 0 Å². The third-order valence-electron chi connectivity index (χ3n) is 2.35. The monoisotopic (exact) mass is 141 g/mol. The number of hydrogen-bond donors (Lipinski definition) is 0. The quantitative estimate of drug-likeness (QED) is 0.560. The molecule has 0 aromatic rings. The lowest BCUT2D eigenvalue weighted by Crippen LogP contribution is -2.13. The molecule has 0 aliphatic rings. The van der Waals surface area contributed by atoms with E-state index in [1.54, 1.807) is 0 Å². The molecule has 1 unspecified atom stereocenters. The smallest absolute Gasteiger partial charge is 0.0354 e. The first kappa shape index (κ1) is 10.0. The molecular weight excluding hydrogens is 120 g/mol. The molecule has 10 heavy (non-hydrogen) atoms. The van der Waals surface area contributed by atoms with E-state index < -0.39 is 0 Å². The average molecular weight is 141 g/mol. The molecule has 61 valence electrons. The van der Waals surface area contributed by atoms with E-state index in [4.69, 9.17) is 0 Å². The Morgan fingerprint density at radius 2 is 1.90 bits per heavy atom. The molecule has 0 nitrogen and oxygen atoms in total. The van der Waals surface area contributed by atoms with Crippen molar-refractivity contribution in [1.82, 2.24) is 0 Å². The zero-order valence-corrected chi connectivity index (χ0v) is 7.91. The molecule has 0 amide bonds. The van der Waals surface area contributed by atoms with Crippen LogP contribution in [0.5, 0.6) is 0 Å². The summed E-state index contributed by atoms with van der Waals surface area (Å²) in [5.74, 6) is 0.787. The topological polar surface area (TPSA) is 0 Å². The molecule has 0 saturated heterocycles. The zero-order valence-electron chi connectivity index (χ0n) is 7.91. The van der Waals surface area contributed by atoms with E-state index in [0.717, 1.165) is 12.3 Å². The Labute approximate surface area is 66.0 Å². The van der Waals surface area contributed by atoms with Gasteiger partial charge >= 0.3 is 0 Å². The highest BCUT2D eigenvalue weighted by Gasteiger charge is 2.17. The van der Waals surface area contributed by atoms with E-state index in [-0.39, 0.29) is 0 Å². The van der Waals surface area contributed by atoms with Crippen LogP contribution < -0.4 is 0 Å². The van der Waals surface area contributed by atoms with Crippen molar-refractivity contribution in [1.29, 1.82) is 0 Å². The third kappa shape index (κ3) is 3.92. The summed E-state index contributed by atoms with van der Waals surface area (Å²) in [6, 6.07) is 0. The highest BCUT2D eigenvalue weighted by atomic mass is 14.2. The molecule has 0 saturated carbocycles. The molecule has 0 rings (SSSR count). The van der Waals surface area contributed by atoms with Gasteiger partial charge in [0.25, 0.3) is 0 Å². The summed E-state index contributed by atoms with van der Waals surface area (Å²) in [6.07, 6.45) is 3.66. The Morgan fingerprint density at radius 1 is 1.40 bits per heavy atom. The van der Waals surface area contributed by atoms with Gasteiger partial charge in [-0.2, -0.15) is 0 Å². The fourth-order valence-corrected chi connectivity index (χ4v) is 1.19. The summed E-state index contributed by atoms with van der Waals surface area (Å²) in [4.78, 5) is 0. The summed E-state index contributed by atoms with van der Waals surface area (Å²) in [7, 11) is 0. The number of rotatable bonds is 4. The lowest BCUT2D eigenvalue weighted by Gasteiger charge is -2.25. The van der Waals surface area contributed by atoms with Gasteiger partial charge in [-0.15, -0.1) is 0 Å². The van der Waals surface area contributed by atoms with Crippen LogP contribution >= 0.6 is 0 Å². The largest absolute Gasteiger partial charge is 0.0649 e. The van der Waals surface area contributed by atoms with E-state index in [1.807, 2.05) is 0 Å². The van der Waals surface area contributed by atoms with E-state index in [0.29, 0.717) is 5.41 Å². The second kappa shape index (κ2) is 4.00. The molecular formula is C10H21. The average Bonchev–Trinajstić information content (AvgIpc) is 1.87. The van der Waals surface area contributed by atoms with E-state index in [2.05, 4.69) is 34.6 Å². The van der Waals surface area contributed by atoms with Crippen LogP contribution in [0.2, 0.25) is 0 Å². The van der Waals surface area contributed by atoms with Crippen LogP contribution in [0.25, 0.3) is 0 Å². The summed E-state index contributed by atoms with van der Waals surface area (Å²) >= 11 is 0. The maximum Gasteiger partial charge on any atom is -0.0354 e. The van der Waals surface area contributed by atoms with E-state index in [9.17, 15) is 0 Å². The zero-order chi connectivity index (χ0) is 8.20. The van der Waals surface area contributed by atoms with E-state index in [1.165, 1.54) is 12.8 Å². The predicted octanol–water partition coefficient (Wildman–Crippen LogP) is 3.67. The van der Waals surface area contributed by atoms with Crippen molar-refractivity contribution in [2.45, 2.75) is 47.0 Å². The highest BCUT2D eigenvalue weighted by Crippen LogP contribution is 2.29. The molecule has 0 N–H and O–H groups in total. The molecule has 0 heterocycles. The van der Waals surface area contributed by atoms with Crippen molar-refractivity contribution in [3.63, 3.8) is 0 Å². The first-order valence-corrected chi connectivity index (χ1v) is 4.31. The first-order chi connectivity index (χ1) is 4.52. The molecule has 0 aliphatic carbocycles.